The normalized spacial score (nSPS) is 14.8. The van der Waals surface area contributed by atoms with E-state index in [0.29, 0.717) is 48.3 Å². The Kier molecular flexibility index (Phi) is 5.34. The molecule has 1 aromatic heterocycles. The first-order valence-corrected chi connectivity index (χ1v) is 9.77. The average Bonchev–Trinajstić information content (AvgIpc) is 3.12. The van der Waals surface area contributed by atoms with Crippen molar-refractivity contribution < 1.29 is 27.9 Å². The first kappa shape index (κ1) is 20.8. The molecule has 0 aliphatic carbocycles. The molecule has 1 saturated heterocycles. The Bertz CT molecular complexity index is 1130. The third-order valence-electron chi connectivity index (χ3n) is 5.53. The van der Waals surface area contributed by atoms with Gasteiger partial charge < -0.3 is 19.9 Å². The van der Waals surface area contributed by atoms with Gasteiger partial charge in [0.2, 0.25) is 5.91 Å². The fourth-order valence-corrected chi connectivity index (χ4v) is 3.92. The first-order chi connectivity index (χ1) is 14.7. The van der Waals surface area contributed by atoms with Crippen molar-refractivity contribution in [3.8, 4) is 0 Å². The summed E-state index contributed by atoms with van der Waals surface area (Å²) in [4.78, 5) is 30.8. The van der Waals surface area contributed by atoms with Gasteiger partial charge in [-0.15, -0.1) is 0 Å². The molecule has 0 saturated carbocycles. The summed E-state index contributed by atoms with van der Waals surface area (Å²) in [5.41, 5.74) is 0.846. The van der Waals surface area contributed by atoms with Crippen LogP contribution in [0.2, 0.25) is 0 Å². The topological polar surface area (TPSA) is 76.6 Å². The molecule has 162 valence electrons. The van der Waals surface area contributed by atoms with Crippen LogP contribution in [-0.4, -0.2) is 53.0 Å². The Morgan fingerprint density at radius 3 is 2.39 bits per heavy atom. The number of aromatic carboxylic acids is 1. The summed E-state index contributed by atoms with van der Waals surface area (Å²) in [5.74, 6) is -1.34. The number of alkyl halides is 3. The third-order valence-corrected chi connectivity index (χ3v) is 5.53. The molecule has 31 heavy (non-hydrogen) atoms. The van der Waals surface area contributed by atoms with Gasteiger partial charge in [0.05, 0.1) is 12.0 Å². The molecule has 0 spiro atoms. The van der Waals surface area contributed by atoms with Gasteiger partial charge in [0.1, 0.15) is 5.69 Å². The predicted molar refractivity (Wildman–Crippen MR) is 109 cm³/mol. The van der Waals surface area contributed by atoms with Crippen LogP contribution in [0.5, 0.6) is 0 Å². The van der Waals surface area contributed by atoms with Gasteiger partial charge in [0.25, 0.3) is 0 Å². The van der Waals surface area contributed by atoms with Gasteiger partial charge in [-0.3, -0.25) is 4.79 Å². The summed E-state index contributed by atoms with van der Waals surface area (Å²) >= 11 is 0. The standard InChI is InChI=1S/C22H20F3N3O3/c23-22(24,25)14-4-3-5-15(12-14)27-8-10-28(11-9-27)19(29)13-17-16-6-1-2-7-18(16)26-20(17)21(30)31/h1-7,12,26H,8-11,13H2,(H,30,31). The number of aromatic nitrogens is 1. The van der Waals surface area contributed by atoms with Crippen LogP contribution in [0.15, 0.2) is 48.5 Å². The predicted octanol–water partition coefficient (Wildman–Crippen LogP) is 3.78. The molecule has 0 bridgehead atoms. The Morgan fingerprint density at radius 1 is 1.00 bits per heavy atom. The van der Waals surface area contributed by atoms with Crippen LogP contribution >= 0.6 is 0 Å². The average molecular weight is 431 g/mol. The lowest BCUT2D eigenvalue weighted by molar-refractivity contribution is -0.137. The summed E-state index contributed by atoms with van der Waals surface area (Å²) in [6.45, 7) is 1.49. The number of hydrogen-bond donors (Lipinski definition) is 2. The molecule has 1 fully saturated rings. The zero-order chi connectivity index (χ0) is 22.2. The number of piperazine rings is 1. The summed E-state index contributed by atoms with van der Waals surface area (Å²) in [7, 11) is 0. The van der Waals surface area contributed by atoms with Crippen molar-refractivity contribution in [2.75, 3.05) is 31.1 Å². The van der Waals surface area contributed by atoms with Crippen molar-refractivity contribution >= 4 is 28.5 Å². The first-order valence-electron chi connectivity index (χ1n) is 9.77. The summed E-state index contributed by atoms with van der Waals surface area (Å²) in [6.07, 6.45) is -4.47. The van der Waals surface area contributed by atoms with Gasteiger partial charge in [0.15, 0.2) is 0 Å². The molecule has 1 amide bonds. The van der Waals surface area contributed by atoms with E-state index in [-0.39, 0.29) is 18.0 Å². The van der Waals surface area contributed by atoms with E-state index in [1.54, 1.807) is 35.2 Å². The van der Waals surface area contributed by atoms with E-state index in [9.17, 15) is 27.9 Å². The maximum Gasteiger partial charge on any atom is 0.416 e. The fraction of sp³-hybridized carbons (Fsp3) is 0.273. The smallest absolute Gasteiger partial charge is 0.416 e. The number of amides is 1. The molecule has 1 aliphatic rings. The molecule has 1 aliphatic heterocycles. The van der Waals surface area contributed by atoms with Crippen LogP contribution < -0.4 is 4.90 Å². The molecule has 6 nitrogen and oxygen atoms in total. The zero-order valence-corrected chi connectivity index (χ0v) is 16.4. The van der Waals surface area contributed by atoms with Gasteiger partial charge in [-0.25, -0.2) is 4.79 Å². The van der Waals surface area contributed by atoms with Crippen LogP contribution in [0, 0.1) is 0 Å². The van der Waals surface area contributed by atoms with Crippen molar-refractivity contribution in [2.45, 2.75) is 12.6 Å². The van der Waals surface area contributed by atoms with Gasteiger partial charge >= 0.3 is 12.1 Å². The van der Waals surface area contributed by atoms with E-state index in [4.69, 9.17) is 0 Å². The number of carboxylic acid groups (broad SMARTS) is 1. The lowest BCUT2D eigenvalue weighted by Gasteiger charge is -2.36. The number of fused-ring (bicyclic) bond motifs is 1. The van der Waals surface area contributed by atoms with Crippen molar-refractivity contribution in [1.29, 1.82) is 0 Å². The van der Waals surface area contributed by atoms with Gasteiger partial charge in [-0.05, 0) is 24.3 Å². The molecule has 4 rings (SSSR count). The number of aromatic amines is 1. The molecule has 2 aromatic carbocycles. The Labute approximate surface area is 175 Å². The molecular formula is C22H20F3N3O3. The number of carboxylic acids is 1. The molecular weight excluding hydrogens is 411 g/mol. The second kappa shape index (κ2) is 7.98. The number of para-hydroxylation sites is 1. The molecule has 2 heterocycles. The molecule has 3 aromatic rings. The van der Waals surface area contributed by atoms with Crippen LogP contribution in [0.3, 0.4) is 0 Å². The number of nitrogens with zero attached hydrogens (tertiary/aromatic N) is 2. The number of halogens is 3. The lowest BCUT2D eigenvalue weighted by Crippen LogP contribution is -2.49. The highest BCUT2D eigenvalue weighted by atomic mass is 19.4. The largest absolute Gasteiger partial charge is 0.477 e. The maximum absolute atomic E-state index is 13.0. The third kappa shape index (κ3) is 4.21. The van der Waals surface area contributed by atoms with Crippen molar-refractivity contribution in [1.82, 2.24) is 9.88 Å². The zero-order valence-electron chi connectivity index (χ0n) is 16.4. The monoisotopic (exact) mass is 431 g/mol. The molecule has 0 atom stereocenters. The molecule has 0 unspecified atom stereocenters. The second-order valence-electron chi connectivity index (χ2n) is 7.42. The number of anilines is 1. The highest BCUT2D eigenvalue weighted by molar-refractivity contribution is 6.00. The van der Waals surface area contributed by atoms with E-state index >= 15 is 0 Å². The van der Waals surface area contributed by atoms with E-state index in [1.165, 1.54) is 6.07 Å². The SMILES string of the molecule is O=C(O)c1[nH]c2ccccc2c1CC(=O)N1CCN(c2cccc(C(F)(F)F)c2)CC1. The Morgan fingerprint density at radius 2 is 1.71 bits per heavy atom. The Hall–Kier alpha value is -3.49. The summed E-state index contributed by atoms with van der Waals surface area (Å²) < 4.78 is 38.9. The van der Waals surface area contributed by atoms with E-state index in [2.05, 4.69) is 4.98 Å². The number of rotatable bonds is 4. The summed E-state index contributed by atoms with van der Waals surface area (Å²) in [6, 6.07) is 12.2. The van der Waals surface area contributed by atoms with Gasteiger partial charge in [0, 0.05) is 48.3 Å². The van der Waals surface area contributed by atoms with Crippen molar-refractivity contribution in [3.05, 3.63) is 65.4 Å². The fourth-order valence-electron chi connectivity index (χ4n) is 3.92. The number of H-pyrrole nitrogens is 1. The number of carbonyl (C=O) groups is 2. The highest BCUT2D eigenvalue weighted by Crippen LogP contribution is 2.32. The van der Waals surface area contributed by atoms with Crippen LogP contribution in [0.1, 0.15) is 21.6 Å². The van der Waals surface area contributed by atoms with Crippen LogP contribution in [0.25, 0.3) is 10.9 Å². The minimum atomic E-state index is -4.41. The molecule has 9 heteroatoms. The van der Waals surface area contributed by atoms with E-state index in [0.717, 1.165) is 12.1 Å². The van der Waals surface area contributed by atoms with Crippen molar-refractivity contribution in [2.24, 2.45) is 0 Å². The van der Waals surface area contributed by atoms with E-state index in [1.807, 2.05) is 4.90 Å². The van der Waals surface area contributed by atoms with E-state index < -0.39 is 17.7 Å². The lowest BCUT2D eigenvalue weighted by atomic mass is 10.1. The van der Waals surface area contributed by atoms with Crippen LogP contribution in [-0.2, 0) is 17.4 Å². The quantitative estimate of drug-likeness (QED) is 0.659. The van der Waals surface area contributed by atoms with Gasteiger partial charge in [-0.1, -0.05) is 24.3 Å². The number of benzene rings is 2. The van der Waals surface area contributed by atoms with Crippen LogP contribution in [0.4, 0.5) is 18.9 Å². The van der Waals surface area contributed by atoms with Gasteiger partial charge in [-0.2, -0.15) is 13.2 Å². The minimum Gasteiger partial charge on any atom is -0.477 e. The minimum absolute atomic E-state index is 0.00264. The number of carbonyl (C=O) groups excluding carboxylic acids is 1. The number of nitrogens with one attached hydrogen (secondary N) is 1. The maximum atomic E-state index is 13.0. The summed E-state index contributed by atoms with van der Waals surface area (Å²) in [5, 5.41) is 10.2. The highest BCUT2D eigenvalue weighted by Gasteiger charge is 2.31. The van der Waals surface area contributed by atoms with Crippen molar-refractivity contribution in [3.63, 3.8) is 0 Å². The molecule has 2 N–H and O–H groups in total. The Balaban J connectivity index is 1.46. The number of hydrogen-bond acceptors (Lipinski definition) is 3. The molecule has 0 radical (unpaired) electrons. The second-order valence-corrected chi connectivity index (χ2v) is 7.42.